The molecule has 0 saturated carbocycles. The average Bonchev–Trinajstić information content (AvgIpc) is 2.49. The van der Waals surface area contributed by atoms with E-state index >= 15 is 0 Å². The zero-order valence-corrected chi connectivity index (χ0v) is 9.15. The lowest BCUT2D eigenvalue weighted by molar-refractivity contribution is 0.182. The fourth-order valence-corrected chi connectivity index (χ4v) is 1.87. The highest BCUT2D eigenvalue weighted by atomic mass is 16.5. The van der Waals surface area contributed by atoms with Gasteiger partial charge in [-0.2, -0.15) is 0 Å². The van der Waals surface area contributed by atoms with Crippen molar-refractivity contribution >= 4 is 0 Å². The third-order valence-electron chi connectivity index (χ3n) is 2.95. The van der Waals surface area contributed by atoms with Crippen molar-refractivity contribution in [3.63, 3.8) is 0 Å². The summed E-state index contributed by atoms with van der Waals surface area (Å²) >= 11 is 0. The molecule has 0 radical (unpaired) electrons. The normalized spacial score (nSPS) is 18.8. The molecule has 3 heteroatoms. The zero-order valence-electron chi connectivity index (χ0n) is 9.15. The molecule has 3 nitrogen and oxygen atoms in total. The predicted octanol–water partition coefficient (Wildman–Crippen LogP) is 1.23. The van der Waals surface area contributed by atoms with Crippen molar-refractivity contribution in [1.29, 1.82) is 0 Å². The Kier molecular flexibility index (Phi) is 3.23. The van der Waals surface area contributed by atoms with Crippen molar-refractivity contribution in [2.75, 3.05) is 19.7 Å². The van der Waals surface area contributed by atoms with E-state index in [1.54, 1.807) is 0 Å². The molecule has 2 N–H and O–H groups in total. The highest BCUT2D eigenvalue weighted by molar-refractivity contribution is 5.33. The van der Waals surface area contributed by atoms with E-state index < -0.39 is 0 Å². The van der Waals surface area contributed by atoms with Gasteiger partial charge in [-0.1, -0.05) is 18.2 Å². The van der Waals surface area contributed by atoms with Crippen LogP contribution in [0.4, 0.5) is 0 Å². The van der Waals surface area contributed by atoms with Crippen LogP contribution in [0.5, 0.6) is 5.75 Å². The summed E-state index contributed by atoms with van der Waals surface area (Å²) in [6.45, 7) is 5.50. The maximum Gasteiger partial charge on any atom is 0.123 e. The number of rotatable bonds is 2. The van der Waals surface area contributed by atoms with Gasteiger partial charge in [0.2, 0.25) is 0 Å². The molecular formula is C12H18N2O. The van der Waals surface area contributed by atoms with E-state index in [9.17, 15) is 0 Å². The van der Waals surface area contributed by atoms with Gasteiger partial charge in [0.1, 0.15) is 12.4 Å². The lowest BCUT2D eigenvalue weighted by Crippen LogP contribution is -2.39. The van der Waals surface area contributed by atoms with Gasteiger partial charge in [0.05, 0.1) is 0 Å². The van der Waals surface area contributed by atoms with Gasteiger partial charge in [-0.3, -0.25) is 4.90 Å². The lowest BCUT2D eigenvalue weighted by Gasteiger charge is -2.25. The van der Waals surface area contributed by atoms with Crippen LogP contribution in [-0.4, -0.2) is 30.6 Å². The number of nitrogens with zero attached hydrogens (tertiary/aromatic N) is 1. The number of hydrogen-bond donors (Lipinski definition) is 1. The van der Waals surface area contributed by atoms with Gasteiger partial charge in [0, 0.05) is 31.2 Å². The maximum absolute atomic E-state index is 5.69. The smallest absolute Gasteiger partial charge is 0.123 e. The fraction of sp³-hybridized carbons (Fsp3) is 0.500. The van der Waals surface area contributed by atoms with E-state index in [0.29, 0.717) is 12.6 Å². The van der Waals surface area contributed by atoms with Gasteiger partial charge in [-0.25, -0.2) is 0 Å². The summed E-state index contributed by atoms with van der Waals surface area (Å²) in [6, 6.07) is 8.64. The molecule has 0 aliphatic carbocycles. The molecule has 0 fully saturated rings. The summed E-state index contributed by atoms with van der Waals surface area (Å²) in [4.78, 5) is 2.37. The summed E-state index contributed by atoms with van der Waals surface area (Å²) in [5, 5.41) is 0. The summed E-state index contributed by atoms with van der Waals surface area (Å²) in [5.74, 6) is 1.02. The first-order chi connectivity index (χ1) is 7.31. The fourth-order valence-electron chi connectivity index (χ4n) is 1.87. The van der Waals surface area contributed by atoms with E-state index in [4.69, 9.17) is 10.5 Å². The van der Waals surface area contributed by atoms with Crippen molar-refractivity contribution in [3.05, 3.63) is 29.8 Å². The van der Waals surface area contributed by atoms with E-state index in [0.717, 1.165) is 25.4 Å². The third kappa shape index (κ3) is 2.30. The Balaban J connectivity index is 2.17. The van der Waals surface area contributed by atoms with Crippen molar-refractivity contribution in [2.24, 2.45) is 5.73 Å². The second-order valence-corrected chi connectivity index (χ2v) is 4.01. The minimum Gasteiger partial charge on any atom is -0.492 e. The molecule has 1 aromatic carbocycles. The Bertz CT molecular complexity index is 327. The Labute approximate surface area is 90.8 Å². The highest BCUT2D eigenvalue weighted by Gasteiger charge is 2.18. The zero-order chi connectivity index (χ0) is 10.7. The largest absolute Gasteiger partial charge is 0.492 e. The minimum atomic E-state index is 0.416. The molecule has 1 heterocycles. The van der Waals surface area contributed by atoms with Crippen LogP contribution in [0.25, 0.3) is 0 Å². The first-order valence-corrected chi connectivity index (χ1v) is 5.46. The van der Waals surface area contributed by atoms with Crippen molar-refractivity contribution < 1.29 is 4.74 Å². The molecule has 15 heavy (non-hydrogen) atoms. The molecule has 1 aliphatic rings. The Hall–Kier alpha value is -1.06. The quantitative estimate of drug-likeness (QED) is 0.791. The van der Waals surface area contributed by atoms with Gasteiger partial charge in [0.15, 0.2) is 0 Å². The lowest BCUT2D eigenvalue weighted by atomic mass is 10.1. The molecule has 0 aromatic heterocycles. The second-order valence-electron chi connectivity index (χ2n) is 4.01. The second kappa shape index (κ2) is 4.64. The Morgan fingerprint density at radius 3 is 3.07 bits per heavy atom. The monoisotopic (exact) mass is 206 g/mol. The number of para-hydroxylation sites is 1. The maximum atomic E-state index is 5.69. The summed E-state index contributed by atoms with van der Waals surface area (Å²) in [6.07, 6.45) is 0. The van der Waals surface area contributed by atoms with Crippen LogP contribution >= 0.6 is 0 Å². The van der Waals surface area contributed by atoms with Crippen molar-refractivity contribution in [3.8, 4) is 5.75 Å². The Morgan fingerprint density at radius 1 is 1.47 bits per heavy atom. The van der Waals surface area contributed by atoms with E-state index in [2.05, 4.69) is 24.0 Å². The SMILES string of the molecule is CC(CN)N1CCOc2ccccc2C1. The molecular weight excluding hydrogens is 188 g/mol. The third-order valence-corrected chi connectivity index (χ3v) is 2.95. The summed E-state index contributed by atoms with van der Waals surface area (Å²) < 4.78 is 5.69. The minimum absolute atomic E-state index is 0.416. The number of ether oxygens (including phenoxy) is 1. The molecule has 1 aliphatic heterocycles. The first-order valence-electron chi connectivity index (χ1n) is 5.46. The van der Waals surface area contributed by atoms with Crippen molar-refractivity contribution in [1.82, 2.24) is 4.90 Å². The molecule has 0 spiro atoms. The molecule has 1 aromatic rings. The first kappa shape index (κ1) is 10.5. The number of nitrogens with two attached hydrogens (primary N) is 1. The van der Waals surface area contributed by atoms with Crippen LogP contribution in [0.15, 0.2) is 24.3 Å². The summed E-state index contributed by atoms with van der Waals surface area (Å²) in [5.41, 5.74) is 6.95. The molecule has 0 saturated heterocycles. The molecule has 2 rings (SSSR count). The predicted molar refractivity (Wildman–Crippen MR) is 60.9 cm³/mol. The van der Waals surface area contributed by atoms with Gasteiger partial charge in [-0.05, 0) is 13.0 Å². The standard InChI is InChI=1S/C12H18N2O/c1-10(8-13)14-6-7-15-12-5-3-2-4-11(12)9-14/h2-5,10H,6-9,13H2,1H3. The topological polar surface area (TPSA) is 38.5 Å². The number of hydrogen-bond acceptors (Lipinski definition) is 3. The average molecular weight is 206 g/mol. The number of fused-ring (bicyclic) bond motifs is 1. The van der Waals surface area contributed by atoms with Crippen LogP contribution in [-0.2, 0) is 6.54 Å². The van der Waals surface area contributed by atoms with E-state index in [1.165, 1.54) is 5.56 Å². The van der Waals surface area contributed by atoms with E-state index in [-0.39, 0.29) is 0 Å². The molecule has 0 bridgehead atoms. The van der Waals surface area contributed by atoms with Gasteiger partial charge < -0.3 is 10.5 Å². The van der Waals surface area contributed by atoms with Crippen LogP contribution < -0.4 is 10.5 Å². The highest BCUT2D eigenvalue weighted by Crippen LogP contribution is 2.23. The van der Waals surface area contributed by atoms with Crippen LogP contribution in [0.3, 0.4) is 0 Å². The van der Waals surface area contributed by atoms with Gasteiger partial charge in [-0.15, -0.1) is 0 Å². The number of benzene rings is 1. The van der Waals surface area contributed by atoms with Crippen LogP contribution in [0.2, 0.25) is 0 Å². The van der Waals surface area contributed by atoms with E-state index in [1.807, 2.05) is 12.1 Å². The molecule has 82 valence electrons. The van der Waals surface area contributed by atoms with Crippen LogP contribution in [0, 0.1) is 0 Å². The molecule has 0 amide bonds. The van der Waals surface area contributed by atoms with Crippen LogP contribution in [0.1, 0.15) is 12.5 Å². The Morgan fingerprint density at radius 2 is 2.27 bits per heavy atom. The van der Waals surface area contributed by atoms with Gasteiger partial charge in [0.25, 0.3) is 0 Å². The van der Waals surface area contributed by atoms with Crippen molar-refractivity contribution in [2.45, 2.75) is 19.5 Å². The molecule has 1 unspecified atom stereocenters. The van der Waals surface area contributed by atoms with Gasteiger partial charge >= 0.3 is 0 Å². The summed E-state index contributed by atoms with van der Waals surface area (Å²) in [7, 11) is 0. The molecule has 1 atom stereocenters.